The molecule has 4 nitrogen and oxygen atoms in total. The molecule has 0 aliphatic rings. The second-order valence-corrected chi connectivity index (χ2v) is 4.56. The highest BCUT2D eigenvalue weighted by molar-refractivity contribution is 5.87. The molecule has 0 aliphatic carbocycles. The van der Waals surface area contributed by atoms with Crippen molar-refractivity contribution in [1.82, 2.24) is 0 Å². The normalized spacial score (nSPS) is 11.0. The molecule has 0 saturated heterocycles. The molecular formula is C12H17NO3. The lowest BCUT2D eigenvalue weighted by Gasteiger charge is -2.24. The molecule has 1 aromatic carbocycles. The van der Waals surface area contributed by atoms with Crippen molar-refractivity contribution >= 4 is 11.8 Å². The topological polar surface area (TPSA) is 49.8 Å². The molecular weight excluding hydrogens is 206 g/mol. The van der Waals surface area contributed by atoms with Gasteiger partial charge in [0, 0.05) is 12.7 Å². The molecule has 4 heteroatoms. The summed E-state index contributed by atoms with van der Waals surface area (Å²) < 4.78 is 5.21. The summed E-state index contributed by atoms with van der Waals surface area (Å²) >= 11 is 0. The Morgan fingerprint density at radius 3 is 2.19 bits per heavy atom. The number of amides is 1. The lowest BCUT2D eigenvalue weighted by atomic mass is 10.2. The third-order valence-corrected chi connectivity index (χ3v) is 1.90. The summed E-state index contributed by atoms with van der Waals surface area (Å²) in [7, 11) is 1.63. The molecule has 0 fully saturated rings. The summed E-state index contributed by atoms with van der Waals surface area (Å²) in [5.41, 5.74) is 0.162. The summed E-state index contributed by atoms with van der Waals surface area (Å²) in [4.78, 5) is 13.1. The minimum absolute atomic E-state index is 0.168. The molecule has 0 spiro atoms. The van der Waals surface area contributed by atoms with E-state index in [9.17, 15) is 4.79 Å². The molecule has 16 heavy (non-hydrogen) atoms. The van der Waals surface area contributed by atoms with Gasteiger partial charge in [0.05, 0.1) is 0 Å². The van der Waals surface area contributed by atoms with Crippen LogP contribution in [0.25, 0.3) is 0 Å². The number of phenolic OH excluding ortho intramolecular Hbond substituents is 1. The van der Waals surface area contributed by atoms with Crippen LogP contribution in [0.5, 0.6) is 5.75 Å². The zero-order chi connectivity index (χ0) is 12.3. The van der Waals surface area contributed by atoms with E-state index in [1.165, 1.54) is 17.0 Å². The van der Waals surface area contributed by atoms with Crippen molar-refractivity contribution in [3.63, 3.8) is 0 Å². The van der Waals surface area contributed by atoms with E-state index in [0.717, 1.165) is 0 Å². The van der Waals surface area contributed by atoms with E-state index in [-0.39, 0.29) is 5.75 Å². The molecule has 1 aromatic rings. The Balaban J connectivity index is 2.74. The Bertz CT molecular complexity index is 365. The molecule has 88 valence electrons. The maximum Gasteiger partial charge on any atom is 0.414 e. The van der Waals surface area contributed by atoms with Crippen molar-refractivity contribution in [2.45, 2.75) is 26.4 Å². The number of hydrogen-bond donors (Lipinski definition) is 1. The smallest absolute Gasteiger partial charge is 0.414 e. The minimum Gasteiger partial charge on any atom is -0.508 e. The maximum atomic E-state index is 11.7. The fourth-order valence-corrected chi connectivity index (χ4v) is 1.11. The first-order chi connectivity index (χ1) is 7.29. The molecule has 0 bridgehead atoms. The van der Waals surface area contributed by atoms with E-state index in [2.05, 4.69) is 0 Å². The zero-order valence-corrected chi connectivity index (χ0v) is 10.0. The standard InChI is InChI=1S/C12H17NO3/c1-12(2,3)16-11(15)13(4)9-5-7-10(14)8-6-9/h5-8,14H,1-4H3. The van der Waals surface area contributed by atoms with Crippen molar-refractivity contribution in [2.24, 2.45) is 0 Å². The second-order valence-electron chi connectivity index (χ2n) is 4.56. The second kappa shape index (κ2) is 4.43. The van der Waals surface area contributed by atoms with Gasteiger partial charge < -0.3 is 9.84 Å². The van der Waals surface area contributed by atoms with Crippen LogP contribution in [0, 0.1) is 0 Å². The van der Waals surface area contributed by atoms with E-state index < -0.39 is 11.7 Å². The third-order valence-electron chi connectivity index (χ3n) is 1.90. The highest BCUT2D eigenvalue weighted by atomic mass is 16.6. The highest BCUT2D eigenvalue weighted by Gasteiger charge is 2.20. The van der Waals surface area contributed by atoms with Gasteiger partial charge in [-0.05, 0) is 45.0 Å². The molecule has 1 amide bonds. The molecule has 1 rings (SSSR count). The van der Waals surface area contributed by atoms with Crippen LogP contribution in [0.2, 0.25) is 0 Å². The van der Waals surface area contributed by atoms with E-state index in [0.29, 0.717) is 5.69 Å². The van der Waals surface area contributed by atoms with Crippen molar-refractivity contribution < 1.29 is 14.6 Å². The SMILES string of the molecule is CN(C(=O)OC(C)(C)C)c1ccc(O)cc1. The average Bonchev–Trinajstić information content (AvgIpc) is 2.15. The summed E-state index contributed by atoms with van der Waals surface area (Å²) in [6.45, 7) is 5.45. The minimum atomic E-state index is -0.512. The summed E-state index contributed by atoms with van der Waals surface area (Å²) in [6, 6.07) is 6.35. The first-order valence-corrected chi connectivity index (χ1v) is 5.05. The zero-order valence-electron chi connectivity index (χ0n) is 10.0. The van der Waals surface area contributed by atoms with Gasteiger partial charge in [0.1, 0.15) is 11.4 Å². The number of carbonyl (C=O) groups excluding carboxylic acids is 1. The van der Waals surface area contributed by atoms with Gasteiger partial charge in [-0.15, -0.1) is 0 Å². The number of phenols is 1. The van der Waals surface area contributed by atoms with Gasteiger partial charge in [-0.2, -0.15) is 0 Å². The Hall–Kier alpha value is -1.71. The van der Waals surface area contributed by atoms with Gasteiger partial charge in [-0.3, -0.25) is 4.90 Å². The predicted octanol–water partition coefficient (Wildman–Crippen LogP) is 2.76. The van der Waals surface area contributed by atoms with Crippen molar-refractivity contribution in [3.8, 4) is 5.75 Å². The maximum absolute atomic E-state index is 11.7. The molecule has 0 heterocycles. The van der Waals surface area contributed by atoms with Crippen molar-refractivity contribution in [3.05, 3.63) is 24.3 Å². The van der Waals surface area contributed by atoms with E-state index in [1.807, 2.05) is 20.8 Å². The van der Waals surface area contributed by atoms with Gasteiger partial charge in [-0.25, -0.2) is 4.79 Å². The Labute approximate surface area is 95.5 Å². The number of aromatic hydroxyl groups is 1. The number of benzene rings is 1. The van der Waals surface area contributed by atoms with Crippen LogP contribution in [0.3, 0.4) is 0 Å². The fraction of sp³-hybridized carbons (Fsp3) is 0.417. The summed E-state index contributed by atoms with van der Waals surface area (Å²) in [6.07, 6.45) is -0.418. The Morgan fingerprint density at radius 2 is 1.75 bits per heavy atom. The van der Waals surface area contributed by atoms with E-state index in [1.54, 1.807) is 19.2 Å². The lowest BCUT2D eigenvalue weighted by molar-refractivity contribution is 0.0589. The van der Waals surface area contributed by atoms with Crippen LogP contribution >= 0.6 is 0 Å². The van der Waals surface area contributed by atoms with Crippen LogP contribution in [0.4, 0.5) is 10.5 Å². The van der Waals surface area contributed by atoms with Gasteiger partial charge in [-0.1, -0.05) is 0 Å². The van der Waals surface area contributed by atoms with Gasteiger partial charge in [0.25, 0.3) is 0 Å². The van der Waals surface area contributed by atoms with E-state index in [4.69, 9.17) is 9.84 Å². The van der Waals surface area contributed by atoms with Crippen LogP contribution in [0.1, 0.15) is 20.8 Å². The Kier molecular flexibility index (Phi) is 3.42. The number of anilines is 1. The van der Waals surface area contributed by atoms with Crippen molar-refractivity contribution in [1.29, 1.82) is 0 Å². The fourth-order valence-electron chi connectivity index (χ4n) is 1.11. The average molecular weight is 223 g/mol. The molecule has 0 aromatic heterocycles. The third kappa shape index (κ3) is 3.46. The van der Waals surface area contributed by atoms with Crippen molar-refractivity contribution in [2.75, 3.05) is 11.9 Å². The number of ether oxygens (including phenoxy) is 1. The van der Waals surface area contributed by atoms with Crippen LogP contribution < -0.4 is 4.90 Å². The predicted molar refractivity (Wildman–Crippen MR) is 62.7 cm³/mol. The van der Waals surface area contributed by atoms with Crippen LogP contribution in [-0.2, 0) is 4.74 Å². The highest BCUT2D eigenvalue weighted by Crippen LogP contribution is 2.19. The number of carbonyl (C=O) groups is 1. The van der Waals surface area contributed by atoms with E-state index >= 15 is 0 Å². The molecule has 0 atom stereocenters. The van der Waals surface area contributed by atoms with Gasteiger partial charge >= 0.3 is 6.09 Å². The quantitative estimate of drug-likeness (QED) is 0.796. The first-order valence-electron chi connectivity index (χ1n) is 5.05. The Morgan fingerprint density at radius 1 is 1.25 bits per heavy atom. The number of nitrogens with zero attached hydrogens (tertiary/aromatic N) is 1. The number of hydrogen-bond acceptors (Lipinski definition) is 3. The lowest BCUT2D eigenvalue weighted by Crippen LogP contribution is -2.34. The number of rotatable bonds is 1. The molecule has 0 unspecified atom stereocenters. The van der Waals surface area contributed by atoms with Gasteiger partial charge in [0.2, 0.25) is 0 Å². The summed E-state index contributed by atoms with van der Waals surface area (Å²) in [5.74, 6) is 0.168. The first kappa shape index (κ1) is 12.4. The van der Waals surface area contributed by atoms with Gasteiger partial charge in [0.15, 0.2) is 0 Å². The molecule has 0 saturated carbocycles. The summed E-state index contributed by atoms with van der Waals surface area (Å²) in [5, 5.41) is 9.13. The van der Waals surface area contributed by atoms with Crippen LogP contribution in [-0.4, -0.2) is 23.8 Å². The molecule has 0 radical (unpaired) electrons. The molecule has 1 N–H and O–H groups in total. The van der Waals surface area contributed by atoms with Crippen LogP contribution in [0.15, 0.2) is 24.3 Å². The monoisotopic (exact) mass is 223 g/mol. The molecule has 0 aliphatic heterocycles. The largest absolute Gasteiger partial charge is 0.508 e.